The Bertz CT molecular complexity index is 930. The van der Waals surface area contributed by atoms with Gasteiger partial charge >= 0.3 is 5.97 Å². The lowest BCUT2D eigenvalue weighted by atomic mass is 10.0. The molecule has 0 bridgehead atoms. The Morgan fingerprint density at radius 1 is 0.968 bits per heavy atom. The molecule has 162 valence electrons. The zero-order chi connectivity index (χ0) is 22.1. The van der Waals surface area contributed by atoms with Gasteiger partial charge < -0.3 is 19.5 Å². The summed E-state index contributed by atoms with van der Waals surface area (Å²) in [6.45, 7) is 0. The molecular formula is C24H27NO4P2. The Kier molecular flexibility index (Phi) is 8.85. The van der Waals surface area contributed by atoms with Crippen molar-refractivity contribution < 1.29 is 18.6 Å². The molecule has 0 heterocycles. The lowest BCUT2D eigenvalue weighted by Crippen LogP contribution is -2.31. The van der Waals surface area contributed by atoms with E-state index < -0.39 is 14.2 Å². The molecule has 5 nitrogen and oxygen atoms in total. The molecule has 7 heteroatoms. The second kappa shape index (κ2) is 11.8. The van der Waals surface area contributed by atoms with Gasteiger partial charge in [0.25, 0.3) is 0 Å². The fourth-order valence-corrected chi connectivity index (χ4v) is 5.02. The van der Waals surface area contributed by atoms with Crippen LogP contribution in [-0.2, 0) is 16.0 Å². The minimum absolute atomic E-state index is 0.387. The summed E-state index contributed by atoms with van der Waals surface area (Å²) >= 11 is 0. The standard InChI is InChI=1S/C24H27NO4P2/c1-27-24(26)23(25)14-8-9-18-15-19(28-30)17-20(16-18)29-31(21-10-4-2-5-11-21)22-12-6-3-7-13-22/h2-7,10-13,15-17,23H,8-9,14,25,30H2,1H3/t23-/m0/s1. The molecule has 0 spiro atoms. The Morgan fingerprint density at radius 2 is 1.55 bits per heavy atom. The number of aryl methyl sites for hydroxylation is 1. The predicted molar refractivity (Wildman–Crippen MR) is 129 cm³/mol. The molecule has 0 aliphatic heterocycles. The molecule has 31 heavy (non-hydrogen) atoms. The van der Waals surface area contributed by atoms with Gasteiger partial charge in [-0.25, -0.2) is 0 Å². The van der Waals surface area contributed by atoms with E-state index in [1.807, 2.05) is 54.6 Å². The van der Waals surface area contributed by atoms with Crippen LogP contribution in [0.1, 0.15) is 18.4 Å². The van der Waals surface area contributed by atoms with Gasteiger partial charge in [0.1, 0.15) is 17.5 Å². The summed E-state index contributed by atoms with van der Waals surface area (Å²) in [5.74, 6) is 1.05. The largest absolute Gasteiger partial charge is 0.480 e. The van der Waals surface area contributed by atoms with E-state index in [-0.39, 0.29) is 5.97 Å². The van der Waals surface area contributed by atoms with Gasteiger partial charge in [0.15, 0.2) is 8.15 Å². The fourth-order valence-electron chi connectivity index (χ4n) is 3.18. The summed E-state index contributed by atoms with van der Waals surface area (Å²) < 4.78 is 16.6. The summed E-state index contributed by atoms with van der Waals surface area (Å²) in [5.41, 5.74) is 6.91. The second-order valence-electron chi connectivity index (χ2n) is 7.01. The Balaban J connectivity index is 1.80. The first-order valence-electron chi connectivity index (χ1n) is 10.0. The van der Waals surface area contributed by atoms with Crippen LogP contribution in [0.5, 0.6) is 11.5 Å². The van der Waals surface area contributed by atoms with Crippen molar-refractivity contribution in [1.82, 2.24) is 0 Å². The van der Waals surface area contributed by atoms with Crippen molar-refractivity contribution in [2.45, 2.75) is 25.3 Å². The number of hydrogen-bond donors (Lipinski definition) is 1. The molecule has 0 aliphatic carbocycles. The van der Waals surface area contributed by atoms with Crippen LogP contribution in [0, 0.1) is 0 Å². The number of nitrogens with two attached hydrogens (primary N) is 1. The van der Waals surface area contributed by atoms with E-state index in [1.54, 1.807) is 0 Å². The molecule has 2 atom stereocenters. The molecule has 3 aromatic rings. The number of methoxy groups -OCH3 is 1. The zero-order valence-corrected chi connectivity index (χ0v) is 19.5. The van der Waals surface area contributed by atoms with Crippen LogP contribution < -0.4 is 25.4 Å². The molecule has 3 aromatic carbocycles. The van der Waals surface area contributed by atoms with Gasteiger partial charge in [0, 0.05) is 16.7 Å². The van der Waals surface area contributed by atoms with Crippen LogP contribution in [0.2, 0.25) is 0 Å². The van der Waals surface area contributed by atoms with Crippen LogP contribution in [0.25, 0.3) is 0 Å². The van der Waals surface area contributed by atoms with E-state index in [4.69, 9.17) is 19.5 Å². The van der Waals surface area contributed by atoms with Gasteiger partial charge in [0.2, 0.25) is 0 Å². The first kappa shape index (κ1) is 23.2. The summed E-state index contributed by atoms with van der Waals surface area (Å²) in [6, 6.07) is 25.7. The number of rotatable bonds is 10. The van der Waals surface area contributed by atoms with Crippen LogP contribution >= 0.6 is 17.6 Å². The van der Waals surface area contributed by atoms with Gasteiger partial charge in [-0.1, -0.05) is 60.7 Å². The molecule has 3 rings (SSSR count). The molecular weight excluding hydrogens is 428 g/mol. The molecule has 0 amide bonds. The number of hydrogen-bond acceptors (Lipinski definition) is 5. The molecule has 1 unspecified atom stereocenters. The maximum atomic E-state index is 11.5. The molecule has 0 aliphatic rings. The highest BCUT2D eigenvalue weighted by Gasteiger charge is 2.18. The lowest BCUT2D eigenvalue weighted by molar-refractivity contribution is -0.142. The van der Waals surface area contributed by atoms with Gasteiger partial charge in [-0.15, -0.1) is 0 Å². The minimum atomic E-state index is -1.03. The third-order valence-electron chi connectivity index (χ3n) is 4.74. The average molecular weight is 455 g/mol. The van der Waals surface area contributed by atoms with E-state index in [2.05, 4.69) is 33.7 Å². The van der Waals surface area contributed by atoms with E-state index in [9.17, 15) is 4.79 Å². The number of carbonyl (C=O) groups excluding carboxylic acids is 1. The van der Waals surface area contributed by atoms with Crippen molar-refractivity contribution >= 4 is 34.2 Å². The summed E-state index contributed by atoms with van der Waals surface area (Å²) in [7, 11) is 2.59. The number of ether oxygens (including phenoxy) is 1. The second-order valence-corrected chi connectivity index (χ2v) is 9.05. The maximum Gasteiger partial charge on any atom is 0.322 e. The first-order chi connectivity index (χ1) is 15.1. The topological polar surface area (TPSA) is 70.8 Å². The average Bonchev–Trinajstić information content (AvgIpc) is 2.82. The third-order valence-corrected chi connectivity index (χ3v) is 6.94. The third kappa shape index (κ3) is 6.77. The van der Waals surface area contributed by atoms with Crippen LogP contribution in [-0.4, -0.2) is 19.1 Å². The highest BCUT2D eigenvalue weighted by molar-refractivity contribution is 7.68. The lowest BCUT2D eigenvalue weighted by Gasteiger charge is -2.20. The number of carbonyl (C=O) groups is 1. The van der Waals surface area contributed by atoms with Crippen molar-refractivity contribution in [1.29, 1.82) is 0 Å². The van der Waals surface area contributed by atoms with Crippen molar-refractivity contribution in [2.75, 3.05) is 7.11 Å². The zero-order valence-electron chi connectivity index (χ0n) is 17.4. The van der Waals surface area contributed by atoms with Gasteiger partial charge in [0.05, 0.1) is 16.6 Å². The highest BCUT2D eigenvalue weighted by Crippen LogP contribution is 2.38. The molecule has 0 saturated carbocycles. The normalized spacial score (nSPS) is 11.7. The van der Waals surface area contributed by atoms with E-state index in [0.717, 1.165) is 34.8 Å². The Hall–Kier alpha value is -2.45. The minimum Gasteiger partial charge on any atom is -0.480 e. The summed E-state index contributed by atoms with van der Waals surface area (Å²) in [5, 5.41) is 2.26. The van der Waals surface area contributed by atoms with Crippen molar-refractivity contribution in [3.8, 4) is 11.5 Å². The number of benzene rings is 3. The smallest absolute Gasteiger partial charge is 0.322 e. The van der Waals surface area contributed by atoms with Crippen molar-refractivity contribution in [3.05, 3.63) is 84.4 Å². The monoisotopic (exact) mass is 455 g/mol. The van der Waals surface area contributed by atoms with E-state index >= 15 is 0 Å². The van der Waals surface area contributed by atoms with Crippen molar-refractivity contribution in [2.24, 2.45) is 5.73 Å². The highest BCUT2D eigenvalue weighted by atomic mass is 31.1. The van der Waals surface area contributed by atoms with Crippen LogP contribution in [0.4, 0.5) is 0 Å². The van der Waals surface area contributed by atoms with E-state index in [0.29, 0.717) is 12.2 Å². The molecule has 0 fully saturated rings. The molecule has 0 aromatic heterocycles. The Labute approximate surface area is 187 Å². The Morgan fingerprint density at radius 3 is 2.10 bits per heavy atom. The maximum absolute atomic E-state index is 11.5. The van der Waals surface area contributed by atoms with Crippen LogP contribution in [0.15, 0.2) is 78.9 Å². The van der Waals surface area contributed by atoms with Crippen molar-refractivity contribution in [3.63, 3.8) is 0 Å². The quantitative estimate of drug-likeness (QED) is 0.368. The summed E-state index contributed by atoms with van der Waals surface area (Å²) in [6.07, 6.45) is 2.05. The van der Waals surface area contributed by atoms with E-state index in [1.165, 1.54) is 7.11 Å². The van der Waals surface area contributed by atoms with Gasteiger partial charge in [-0.05, 0) is 37.0 Å². The molecule has 2 N–H and O–H groups in total. The summed E-state index contributed by atoms with van der Waals surface area (Å²) in [4.78, 5) is 11.5. The fraction of sp³-hybridized carbons (Fsp3) is 0.208. The first-order valence-corrected chi connectivity index (χ1v) is 11.8. The molecule has 0 radical (unpaired) electrons. The molecule has 0 saturated heterocycles. The van der Waals surface area contributed by atoms with Crippen LogP contribution in [0.3, 0.4) is 0 Å². The number of esters is 1. The predicted octanol–water partition coefficient (Wildman–Crippen LogP) is 4.11. The SMILES string of the molecule is COC(=O)[C@@H](N)CCCc1cc(OP)cc(OP(c2ccccc2)c2ccccc2)c1. The van der Waals surface area contributed by atoms with Gasteiger partial charge in [-0.2, -0.15) is 0 Å². The van der Waals surface area contributed by atoms with Gasteiger partial charge in [-0.3, -0.25) is 4.79 Å².